The zero-order valence-electron chi connectivity index (χ0n) is 7.55. The van der Waals surface area contributed by atoms with Crippen molar-refractivity contribution in [2.24, 2.45) is 0 Å². The van der Waals surface area contributed by atoms with Gasteiger partial charge in [-0.15, -0.1) is 0 Å². The van der Waals surface area contributed by atoms with Crippen LogP contribution in [0.5, 0.6) is 0 Å². The lowest BCUT2D eigenvalue weighted by molar-refractivity contribution is 0.625. The second-order valence-corrected chi connectivity index (χ2v) is 3.10. The molecule has 1 rings (SSSR count). The molecule has 0 spiro atoms. The van der Waals surface area contributed by atoms with E-state index in [4.69, 9.17) is 0 Å². The fraction of sp³-hybridized carbons (Fsp3) is 0.364. The van der Waals surface area contributed by atoms with Gasteiger partial charge in [0.25, 0.3) is 0 Å². The monoisotopic (exact) mass is 165 g/mol. The summed E-state index contributed by atoms with van der Waals surface area (Å²) >= 11 is 0. The third-order valence-electron chi connectivity index (χ3n) is 2.03. The second-order valence-electron chi connectivity index (χ2n) is 3.10. The molecule has 1 unspecified atom stereocenters. The number of benzene rings is 1. The summed E-state index contributed by atoms with van der Waals surface area (Å²) in [6, 6.07) is 6.73. The van der Waals surface area contributed by atoms with E-state index in [2.05, 4.69) is 13.3 Å². The van der Waals surface area contributed by atoms with Gasteiger partial charge in [-0.3, -0.25) is 0 Å². The Labute approximate surface area is 73.4 Å². The Balaban J connectivity index is 2.68. The second kappa shape index (κ2) is 4.24. The molecule has 0 bridgehead atoms. The van der Waals surface area contributed by atoms with Crippen LogP contribution in [0.4, 0.5) is 4.39 Å². The van der Waals surface area contributed by atoms with E-state index in [0.717, 1.165) is 6.42 Å². The molecule has 0 nitrogen and oxygen atoms in total. The van der Waals surface area contributed by atoms with E-state index in [0.29, 0.717) is 5.92 Å². The molecule has 12 heavy (non-hydrogen) atoms. The lowest BCUT2D eigenvalue weighted by atomic mass is 9.97. The van der Waals surface area contributed by atoms with E-state index in [1.807, 2.05) is 19.1 Å². The van der Waals surface area contributed by atoms with Crippen molar-refractivity contribution in [1.82, 2.24) is 0 Å². The Hall–Kier alpha value is -0.850. The molecule has 0 aromatic heterocycles. The zero-order valence-corrected chi connectivity index (χ0v) is 7.55. The minimum atomic E-state index is -0.161. The first-order chi connectivity index (χ1) is 5.74. The van der Waals surface area contributed by atoms with Crippen molar-refractivity contribution >= 4 is 0 Å². The molecule has 1 aromatic rings. The van der Waals surface area contributed by atoms with Crippen LogP contribution < -0.4 is 0 Å². The third kappa shape index (κ3) is 2.33. The predicted molar refractivity (Wildman–Crippen MR) is 49.4 cm³/mol. The van der Waals surface area contributed by atoms with Crippen LogP contribution in [0.25, 0.3) is 0 Å². The standard InChI is InChI=1S/C11H14F/c1-3-4-9(2)10-5-7-11(12)8-6-10/h3,5-9H,4H2,1-2H3. The van der Waals surface area contributed by atoms with Crippen molar-refractivity contribution in [1.29, 1.82) is 0 Å². The van der Waals surface area contributed by atoms with Gasteiger partial charge in [0.15, 0.2) is 0 Å². The number of hydrogen-bond donors (Lipinski definition) is 0. The van der Waals surface area contributed by atoms with Crippen molar-refractivity contribution < 1.29 is 4.39 Å². The summed E-state index contributed by atoms with van der Waals surface area (Å²) in [6.45, 7) is 4.19. The van der Waals surface area contributed by atoms with Gasteiger partial charge in [-0.05, 0) is 36.5 Å². The lowest BCUT2D eigenvalue weighted by Crippen LogP contribution is -1.92. The van der Waals surface area contributed by atoms with Crippen LogP contribution in [0.15, 0.2) is 24.3 Å². The van der Waals surface area contributed by atoms with Gasteiger partial charge >= 0.3 is 0 Å². The van der Waals surface area contributed by atoms with Crippen LogP contribution in [0.2, 0.25) is 0 Å². The minimum Gasteiger partial charge on any atom is -0.207 e. The van der Waals surface area contributed by atoms with E-state index < -0.39 is 0 Å². The summed E-state index contributed by atoms with van der Waals surface area (Å²) in [5.74, 6) is 0.335. The lowest BCUT2D eigenvalue weighted by Gasteiger charge is -2.09. The summed E-state index contributed by atoms with van der Waals surface area (Å²) in [5, 5.41) is 0. The largest absolute Gasteiger partial charge is 0.207 e. The van der Waals surface area contributed by atoms with Crippen LogP contribution in [0.3, 0.4) is 0 Å². The van der Waals surface area contributed by atoms with Crippen LogP contribution in [0, 0.1) is 12.2 Å². The molecule has 0 N–H and O–H groups in total. The fourth-order valence-electron chi connectivity index (χ4n) is 1.28. The molecule has 0 aliphatic rings. The van der Waals surface area contributed by atoms with Gasteiger partial charge in [0.05, 0.1) is 0 Å². The quantitative estimate of drug-likeness (QED) is 0.642. The highest BCUT2D eigenvalue weighted by Gasteiger charge is 2.03. The molecule has 0 saturated heterocycles. The van der Waals surface area contributed by atoms with Crippen LogP contribution >= 0.6 is 0 Å². The molecule has 0 fully saturated rings. The maximum Gasteiger partial charge on any atom is 0.123 e. The van der Waals surface area contributed by atoms with Gasteiger partial charge in [0.1, 0.15) is 5.82 Å². The van der Waals surface area contributed by atoms with E-state index in [1.54, 1.807) is 0 Å². The summed E-state index contributed by atoms with van der Waals surface area (Å²) in [5.41, 5.74) is 1.20. The smallest absolute Gasteiger partial charge is 0.123 e. The van der Waals surface area contributed by atoms with E-state index >= 15 is 0 Å². The summed E-state index contributed by atoms with van der Waals surface area (Å²) in [7, 11) is 0. The molecule has 0 saturated carbocycles. The molecule has 1 radical (unpaired) electrons. The number of rotatable bonds is 3. The Bertz CT molecular complexity index is 225. The Morgan fingerprint density at radius 2 is 1.92 bits per heavy atom. The minimum absolute atomic E-state index is 0.161. The van der Waals surface area contributed by atoms with Crippen molar-refractivity contribution in [3.8, 4) is 0 Å². The average Bonchev–Trinajstić information content (AvgIpc) is 2.06. The van der Waals surface area contributed by atoms with E-state index in [1.165, 1.54) is 17.7 Å². The highest BCUT2D eigenvalue weighted by Crippen LogP contribution is 2.19. The van der Waals surface area contributed by atoms with Gasteiger partial charge in [-0.1, -0.05) is 26.0 Å². The first-order valence-electron chi connectivity index (χ1n) is 4.27. The first-order valence-corrected chi connectivity index (χ1v) is 4.27. The topological polar surface area (TPSA) is 0 Å². The van der Waals surface area contributed by atoms with Gasteiger partial charge in [0.2, 0.25) is 0 Å². The Morgan fingerprint density at radius 3 is 2.42 bits per heavy atom. The molecule has 1 atom stereocenters. The van der Waals surface area contributed by atoms with Crippen molar-refractivity contribution in [2.75, 3.05) is 0 Å². The van der Waals surface area contributed by atoms with Crippen LogP contribution in [-0.2, 0) is 0 Å². The molecular formula is C11H14F. The molecule has 0 heterocycles. The fourth-order valence-corrected chi connectivity index (χ4v) is 1.28. The van der Waals surface area contributed by atoms with Gasteiger partial charge in [0, 0.05) is 0 Å². The summed E-state index contributed by atoms with van der Waals surface area (Å²) < 4.78 is 12.5. The molecule has 0 amide bonds. The summed E-state index contributed by atoms with van der Waals surface area (Å²) in [6.07, 6.45) is 3.18. The third-order valence-corrected chi connectivity index (χ3v) is 2.03. The van der Waals surface area contributed by atoms with Crippen molar-refractivity contribution in [3.63, 3.8) is 0 Å². The first kappa shape index (κ1) is 9.24. The average molecular weight is 165 g/mol. The maximum atomic E-state index is 12.5. The van der Waals surface area contributed by atoms with E-state index in [9.17, 15) is 4.39 Å². The van der Waals surface area contributed by atoms with Gasteiger partial charge in [-0.2, -0.15) is 0 Å². The molecule has 65 valence electrons. The number of halogens is 1. The molecular weight excluding hydrogens is 151 g/mol. The highest BCUT2D eigenvalue weighted by molar-refractivity contribution is 5.19. The van der Waals surface area contributed by atoms with Gasteiger partial charge < -0.3 is 0 Å². The number of hydrogen-bond acceptors (Lipinski definition) is 0. The zero-order chi connectivity index (χ0) is 8.97. The predicted octanol–water partition coefficient (Wildman–Crippen LogP) is 3.54. The molecule has 1 aromatic carbocycles. The maximum absolute atomic E-state index is 12.5. The Kier molecular flexibility index (Phi) is 3.27. The highest BCUT2D eigenvalue weighted by atomic mass is 19.1. The van der Waals surface area contributed by atoms with Crippen molar-refractivity contribution in [2.45, 2.75) is 26.2 Å². The van der Waals surface area contributed by atoms with Gasteiger partial charge in [-0.25, -0.2) is 4.39 Å². The van der Waals surface area contributed by atoms with Crippen LogP contribution in [-0.4, -0.2) is 0 Å². The molecule has 0 aliphatic carbocycles. The normalized spacial score (nSPS) is 12.9. The SMILES string of the molecule is C[CH]CC(C)c1ccc(F)cc1. The van der Waals surface area contributed by atoms with Crippen LogP contribution in [0.1, 0.15) is 31.7 Å². The van der Waals surface area contributed by atoms with E-state index in [-0.39, 0.29) is 5.82 Å². The molecule has 1 heteroatoms. The summed E-state index contributed by atoms with van der Waals surface area (Å²) in [4.78, 5) is 0. The molecule has 0 aliphatic heterocycles. The Morgan fingerprint density at radius 1 is 1.33 bits per heavy atom. The van der Waals surface area contributed by atoms with Crippen molar-refractivity contribution in [3.05, 3.63) is 42.1 Å².